The normalized spacial score (nSPS) is 26.4. The molecule has 1 aromatic rings. The lowest BCUT2D eigenvalue weighted by Gasteiger charge is -2.34. The predicted molar refractivity (Wildman–Crippen MR) is 86.7 cm³/mol. The maximum Gasteiger partial charge on any atom is 0.317 e. The maximum absolute atomic E-state index is 12.9. The van der Waals surface area contributed by atoms with Crippen LogP contribution in [-0.2, 0) is 9.53 Å². The van der Waals surface area contributed by atoms with Crippen molar-refractivity contribution in [2.75, 3.05) is 7.11 Å². The van der Waals surface area contributed by atoms with E-state index in [1.807, 2.05) is 26.8 Å². The van der Waals surface area contributed by atoms with Crippen LogP contribution in [0.3, 0.4) is 0 Å². The first-order valence-corrected chi connectivity index (χ1v) is 8.27. The van der Waals surface area contributed by atoms with Crippen molar-refractivity contribution >= 4 is 11.8 Å². The molecule has 0 radical (unpaired) electrons. The number of carbonyl (C=O) groups excluding carboxylic acids is 2. The topological polar surface area (TPSA) is 52.6 Å². The fraction of sp³-hybridized carbons (Fsp3) is 0.579. The van der Waals surface area contributed by atoms with E-state index in [9.17, 15) is 9.59 Å². The summed E-state index contributed by atoms with van der Waals surface area (Å²) < 4.78 is 10.8. The molecule has 2 aliphatic rings. The molecule has 0 bridgehead atoms. The first kappa shape index (κ1) is 16.0. The van der Waals surface area contributed by atoms with Gasteiger partial charge in [-0.2, -0.15) is 0 Å². The monoisotopic (exact) mass is 316 g/mol. The van der Waals surface area contributed by atoms with Gasteiger partial charge in [0.1, 0.15) is 17.3 Å². The number of esters is 1. The van der Waals surface area contributed by atoms with Gasteiger partial charge in [0.05, 0.1) is 7.11 Å². The summed E-state index contributed by atoms with van der Waals surface area (Å²) in [6.45, 7) is 5.51. The van der Waals surface area contributed by atoms with Gasteiger partial charge in [0, 0.05) is 5.56 Å². The van der Waals surface area contributed by atoms with E-state index in [4.69, 9.17) is 9.47 Å². The van der Waals surface area contributed by atoms with Crippen LogP contribution in [0.15, 0.2) is 18.2 Å². The number of hydrogen-bond acceptors (Lipinski definition) is 4. The van der Waals surface area contributed by atoms with Crippen LogP contribution >= 0.6 is 0 Å². The van der Waals surface area contributed by atoms with Gasteiger partial charge in [-0.1, -0.05) is 6.42 Å². The Bertz CT molecular complexity index is 641. The van der Waals surface area contributed by atoms with Crippen LogP contribution < -0.4 is 4.74 Å². The molecular formula is C19H24O4. The van der Waals surface area contributed by atoms with E-state index in [-0.39, 0.29) is 23.6 Å². The molecule has 0 saturated heterocycles. The van der Waals surface area contributed by atoms with E-state index in [2.05, 4.69) is 0 Å². The van der Waals surface area contributed by atoms with Crippen LogP contribution in [0.2, 0.25) is 0 Å². The summed E-state index contributed by atoms with van der Waals surface area (Å²) in [6.07, 6.45) is 2.95. The lowest BCUT2D eigenvalue weighted by atomic mass is 9.69. The molecule has 3 rings (SSSR count). The Hall–Kier alpha value is -1.84. The van der Waals surface area contributed by atoms with Gasteiger partial charge in [0.25, 0.3) is 0 Å². The summed E-state index contributed by atoms with van der Waals surface area (Å²) in [5.41, 5.74) is 1.12. The minimum atomic E-state index is -0.664. The molecule has 124 valence electrons. The van der Waals surface area contributed by atoms with E-state index in [0.717, 1.165) is 30.6 Å². The summed E-state index contributed by atoms with van der Waals surface area (Å²) in [4.78, 5) is 25.6. The standard InChI is InChI=1S/C19H24O4/c1-19(2,3)23-18(21)16-13-7-5-6-12(13)15-10-11(22-4)8-9-14(15)17(16)20/h8-10,12-13,16H,5-7H2,1-4H3/t12-,13+,16?/m1/s1. The van der Waals surface area contributed by atoms with Crippen molar-refractivity contribution in [3.8, 4) is 5.75 Å². The zero-order valence-corrected chi connectivity index (χ0v) is 14.2. The van der Waals surface area contributed by atoms with Gasteiger partial charge in [0.2, 0.25) is 0 Å². The molecular weight excluding hydrogens is 292 g/mol. The Morgan fingerprint density at radius 1 is 1.22 bits per heavy atom. The average Bonchev–Trinajstić information content (AvgIpc) is 2.94. The molecule has 0 N–H and O–H groups in total. The number of ether oxygens (including phenoxy) is 2. The molecule has 4 heteroatoms. The van der Waals surface area contributed by atoms with Crippen molar-refractivity contribution in [1.82, 2.24) is 0 Å². The van der Waals surface area contributed by atoms with Gasteiger partial charge in [0.15, 0.2) is 5.78 Å². The van der Waals surface area contributed by atoms with Crippen LogP contribution in [0.5, 0.6) is 5.75 Å². The van der Waals surface area contributed by atoms with Crippen molar-refractivity contribution in [2.45, 2.75) is 51.6 Å². The van der Waals surface area contributed by atoms with E-state index in [0.29, 0.717) is 5.56 Å². The quantitative estimate of drug-likeness (QED) is 0.616. The second-order valence-electron chi connectivity index (χ2n) is 7.53. The van der Waals surface area contributed by atoms with Crippen LogP contribution in [0.25, 0.3) is 0 Å². The first-order chi connectivity index (χ1) is 10.8. The Morgan fingerprint density at radius 3 is 2.61 bits per heavy atom. The lowest BCUT2D eigenvalue weighted by Crippen LogP contribution is -2.41. The van der Waals surface area contributed by atoms with Crippen molar-refractivity contribution in [1.29, 1.82) is 0 Å². The molecule has 0 amide bonds. The van der Waals surface area contributed by atoms with Gasteiger partial charge in [-0.25, -0.2) is 0 Å². The van der Waals surface area contributed by atoms with Gasteiger partial charge in [-0.15, -0.1) is 0 Å². The molecule has 3 atom stereocenters. The third-order valence-corrected chi connectivity index (χ3v) is 4.86. The minimum Gasteiger partial charge on any atom is -0.497 e. The second kappa shape index (κ2) is 5.66. The Labute approximate surface area is 137 Å². The highest BCUT2D eigenvalue weighted by atomic mass is 16.6. The molecule has 0 aromatic heterocycles. The van der Waals surface area contributed by atoms with Gasteiger partial charge >= 0.3 is 5.97 Å². The molecule has 1 saturated carbocycles. The largest absolute Gasteiger partial charge is 0.497 e. The molecule has 4 nitrogen and oxygen atoms in total. The van der Waals surface area contributed by atoms with Gasteiger partial charge < -0.3 is 9.47 Å². The fourth-order valence-corrected chi connectivity index (χ4v) is 3.98. The number of benzene rings is 1. The first-order valence-electron chi connectivity index (χ1n) is 8.27. The molecule has 1 unspecified atom stereocenters. The summed E-state index contributed by atoms with van der Waals surface area (Å²) >= 11 is 0. The predicted octanol–water partition coefficient (Wildman–Crippen LogP) is 3.73. The molecule has 0 aliphatic heterocycles. The number of fused-ring (bicyclic) bond motifs is 3. The van der Waals surface area contributed by atoms with Crippen LogP contribution in [0.1, 0.15) is 61.9 Å². The Morgan fingerprint density at radius 2 is 1.96 bits per heavy atom. The van der Waals surface area contributed by atoms with E-state index in [1.165, 1.54) is 0 Å². The molecule has 2 aliphatic carbocycles. The highest BCUT2D eigenvalue weighted by Gasteiger charge is 2.49. The van der Waals surface area contributed by atoms with E-state index < -0.39 is 11.5 Å². The second-order valence-corrected chi connectivity index (χ2v) is 7.53. The Kier molecular flexibility index (Phi) is 3.95. The fourth-order valence-electron chi connectivity index (χ4n) is 3.98. The molecule has 1 fully saturated rings. The number of ketones is 1. The van der Waals surface area contributed by atoms with Gasteiger partial charge in [-0.05, 0) is 69.2 Å². The van der Waals surface area contributed by atoms with Crippen LogP contribution in [0, 0.1) is 11.8 Å². The van der Waals surface area contributed by atoms with Crippen molar-refractivity contribution in [3.05, 3.63) is 29.3 Å². The smallest absolute Gasteiger partial charge is 0.317 e. The summed E-state index contributed by atoms with van der Waals surface area (Å²) in [5.74, 6) is -0.0752. The zero-order chi connectivity index (χ0) is 16.8. The number of methoxy groups -OCH3 is 1. The third-order valence-electron chi connectivity index (χ3n) is 4.86. The van der Waals surface area contributed by atoms with E-state index in [1.54, 1.807) is 19.2 Å². The summed E-state index contributed by atoms with van der Waals surface area (Å²) in [5, 5.41) is 0. The number of rotatable bonds is 2. The molecule has 23 heavy (non-hydrogen) atoms. The molecule has 0 spiro atoms. The minimum absolute atomic E-state index is 0.0527. The average molecular weight is 316 g/mol. The summed E-state index contributed by atoms with van der Waals surface area (Å²) in [6, 6.07) is 5.54. The Balaban J connectivity index is 2.00. The highest BCUT2D eigenvalue weighted by molar-refractivity contribution is 6.11. The third kappa shape index (κ3) is 2.87. The summed E-state index contributed by atoms with van der Waals surface area (Å²) in [7, 11) is 1.63. The van der Waals surface area contributed by atoms with E-state index >= 15 is 0 Å². The van der Waals surface area contributed by atoms with Crippen molar-refractivity contribution in [3.63, 3.8) is 0 Å². The van der Waals surface area contributed by atoms with Crippen molar-refractivity contribution in [2.24, 2.45) is 11.8 Å². The van der Waals surface area contributed by atoms with Gasteiger partial charge in [-0.3, -0.25) is 9.59 Å². The number of hydrogen-bond donors (Lipinski definition) is 0. The zero-order valence-electron chi connectivity index (χ0n) is 14.2. The highest BCUT2D eigenvalue weighted by Crippen LogP contribution is 2.50. The maximum atomic E-state index is 12.9. The SMILES string of the molecule is COc1ccc2c(c1)[C@@H]1CCC[C@@H]1C(C(=O)OC(C)(C)C)C2=O. The molecule has 1 aromatic carbocycles. The van der Waals surface area contributed by atoms with Crippen LogP contribution in [-0.4, -0.2) is 24.5 Å². The van der Waals surface area contributed by atoms with Crippen molar-refractivity contribution < 1.29 is 19.1 Å². The molecule has 0 heterocycles. The van der Waals surface area contributed by atoms with Crippen LogP contribution in [0.4, 0.5) is 0 Å². The lowest BCUT2D eigenvalue weighted by molar-refractivity contribution is -0.160. The number of Topliss-reactive ketones (excluding diaryl/α,β-unsaturated/α-hetero) is 1. The number of carbonyl (C=O) groups is 2.